The van der Waals surface area contributed by atoms with E-state index in [0.717, 1.165) is 24.9 Å². The first-order valence-electron chi connectivity index (χ1n) is 11.3. The number of nitrogens with one attached hydrogen (secondary N) is 1. The Morgan fingerprint density at radius 1 is 1.19 bits per heavy atom. The SMILES string of the molecule is COc1ccc(C2CCN3NCC(CC(=O)O)C3C2)c(S(=O)(=O)N2CCC(OC)CC2)c1. The van der Waals surface area contributed by atoms with Crippen molar-refractivity contribution in [3.05, 3.63) is 23.8 Å². The number of hydrogen-bond donors (Lipinski definition) is 2. The summed E-state index contributed by atoms with van der Waals surface area (Å²) in [5, 5.41) is 11.4. The minimum absolute atomic E-state index is 0.0154. The van der Waals surface area contributed by atoms with Gasteiger partial charge in [-0.25, -0.2) is 13.4 Å². The topological polar surface area (TPSA) is 108 Å². The number of hydrogen-bond acceptors (Lipinski definition) is 7. The Hall–Kier alpha value is -1.72. The molecule has 3 unspecified atom stereocenters. The molecule has 3 heterocycles. The fourth-order valence-electron chi connectivity index (χ4n) is 5.38. The number of carboxylic acids is 1. The van der Waals surface area contributed by atoms with Crippen molar-refractivity contribution < 1.29 is 27.8 Å². The van der Waals surface area contributed by atoms with Crippen molar-refractivity contribution in [1.82, 2.24) is 14.7 Å². The van der Waals surface area contributed by atoms with Gasteiger partial charge in [0.05, 0.1) is 24.5 Å². The Labute approximate surface area is 189 Å². The molecule has 3 aliphatic heterocycles. The van der Waals surface area contributed by atoms with Crippen LogP contribution in [0.3, 0.4) is 0 Å². The first kappa shape index (κ1) is 23.4. The molecule has 10 heteroatoms. The van der Waals surface area contributed by atoms with Crippen LogP contribution in [-0.4, -0.2) is 81.4 Å². The molecule has 1 aromatic carbocycles. The lowest BCUT2D eigenvalue weighted by Gasteiger charge is -2.37. The smallest absolute Gasteiger partial charge is 0.303 e. The van der Waals surface area contributed by atoms with Crippen LogP contribution in [0.4, 0.5) is 0 Å². The molecule has 0 saturated carbocycles. The van der Waals surface area contributed by atoms with Crippen molar-refractivity contribution in [3.63, 3.8) is 0 Å². The average Bonchev–Trinajstić information content (AvgIpc) is 3.20. The molecule has 32 heavy (non-hydrogen) atoms. The minimum Gasteiger partial charge on any atom is -0.497 e. The van der Waals surface area contributed by atoms with Crippen LogP contribution >= 0.6 is 0 Å². The number of nitrogens with zero attached hydrogens (tertiary/aromatic N) is 2. The Kier molecular flexibility index (Phi) is 7.06. The Morgan fingerprint density at radius 2 is 1.94 bits per heavy atom. The Morgan fingerprint density at radius 3 is 2.59 bits per heavy atom. The number of piperidine rings is 2. The van der Waals surface area contributed by atoms with E-state index in [2.05, 4.69) is 10.4 Å². The number of hydrazine groups is 1. The van der Waals surface area contributed by atoms with Crippen molar-refractivity contribution in [2.24, 2.45) is 5.92 Å². The van der Waals surface area contributed by atoms with Gasteiger partial charge in [-0.05, 0) is 43.2 Å². The summed E-state index contributed by atoms with van der Waals surface area (Å²) in [5.41, 5.74) is 4.13. The molecule has 0 amide bonds. The highest BCUT2D eigenvalue weighted by atomic mass is 32.2. The number of fused-ring (bicyclic) bond motifs is 1. The number of sulfonamides is 1. The van der Waals surface area contributed by atoms with E-state index in [4.69, 9.17) is 9.47 Å². The van der Waals surface area contributed by atoms with Crippen LogP contribution in [0, 0.1) is 5.92 Å². The monoisotopic (exact) mass is 467 g/mol. The number of carbonyl (C=O) groups is 1. The number of carboxylic acid groups (broad SMARTS) is 1. The van der Waals surface area contributed by atoms with Crippen molar-refractivity contribution in [2.75, 3.05) is 40.4 Å². The minimum atomic E-state index is -3.69. The van der Waals surface area contributed by atoms with Gasteiger partial charge in [0.25, 0.3) is 0 Å². The maximum atomic E-state index is 13.7. The normalized spacial score (nSPS) is 27.9. The van der Waals surface area contributed by atoms with E-state index in [1.807, 2.05) is 12.1 Å². The molecule has 0 aromatic heterocycles. The molecular formula is C22H33N3O6S. The van der Waals surface area contributed by atoms with E-state index >= 15 is 0 Å². The summed E-state index contributed by atoms with van der Waals surface area (Å²) < 4.78 is 39.7. The van der Waals surface area contributed by atoms with Crippen LogP contribution in [0.1, 0.15) is 43.6 Å². The molecule has 1 aromatic rings. The Bertz CT molecular complexity index is 932. The molecule has 2 N–H and O–H groups in total. The highest BCUT2D eigenvalue weighted by Gasteiger charge is 2.41. The number of aliphatic carboxylic acids is 1. The maximum Gasteiger partial charge on any atom is 0.303 e. The van der Waals surface area contributed by atoms with Crippen molar-refractivity contribution in [1.29, 1.82) is 0 Å². The van der Waals surface area contributed by atoms with Crippen LogP contribution < -0.4 is 10.2 Å². The largest absolute Gasteiger partial charge is 0.497 e. The van der Waals surface area contributed by atoms with Gasteiger partial charge in [0.1, 0.15) is 5.75 Å². The number of benzene rings is 1. The van der Waals surface area contributed by atoms with E-state index in [1.165, 1.54) is 7.11 Å². The summed E-state index contributed by atoms with van der Waals surface area (Å²) in [5.74, 6) is -0.225. The average molecular weight is 468 g/mol. The molecule has 3 atom stereocenters. The summed E-state index contributed by atoms with van der Waals surface area (Å²) in [6.45, 7) is 2.27. The summed E-state index contributed by atoms with van der Waals surface area (Å²) in [7, 11) is -0.487. The van der Waals surface area contributed by atoms with E-state index in [-0.39, 0.29) is 30.4 Å². The van der Waals surface area contributed by atoms with Gasteiger partial charge in [-0.3, -0.25) is 10.2 Å². The lowest BCUT2D eigenvalue weighted by atomic mass is 9.81. The molecule has 4 rings (SSSR count). The van der Waals surface area contributed by atoms with E-state index < -0.39 is 16.0 Å². The lowest BCUT2D eigenvalue weighted by molar-refractivity contribution is -0.138. The molecular weight excluding hydrogens is 434 g/mol. The molecule has 0 aliphatic carbocycles. The lowest BCUT2D eigenvalue weighted by Crippen LogP contribution is -2.44. The van der Waals surface area contributed by atoms with Crippen LogP contribution in [0.2, 0.25) is 0 Å². The quantitative estimate of drug-likeness (QED) is 0.623. The first-order valence-corrected chi connectivity index (χ1v) is 12.7. The van der Waals surface area contributed by atoms with Crippen molar-refractivity contribution in [2.45, 2.75) is 55.1 Å². The van der Waals surface area contributed by atoms with Crippen LogP contribution in [-0.2, 0) is 19.6 Å². The molecule has 3 fully saturated rings. The highest BCUT2D eigenvalue weighted by molar-refractivity contribution is 7.89. The molecule has 3 saturated heterocycles. The van der Waals surface area contributed by atoms with E-state index in [9.17, 15) is 18.3 Å². The molecule has 3 aliphatic rings. The maximum absolute atomic E-state index is 13.7. The number of rotatable bonds is 7. The third-order valence-electron chi connectivity index (χ3n) is 7.19. The zero-order chi connectivity index (χ0) is 22.9. The van der Waals surface area contributed by atoms with Gasteiger partial charge in [0.2, 0.25) is 10.0 Å². The fraction of sp³-hybridized carbons (Fsp3) is 0.682. The molecule has 9 nitrogen and oxygen atoms in total. The standard InChI is InChI=1S/C22H33N3O6S/c1-30-17-6-8-24(9-7-17)32(28,29)21-13-18(31-2)3-4-19(21)15-5-10-25-20(11-15)16(14-23-25)12-22(26)27/h3-4,13,15-17,20,23H,5-12,14H2,1-2H3,(H,26,27). The first-order chi connectivity index (χ1) is 15.3. The summed E-state index contributed by atoms with van der Waals surface area (Å²) >= 11 is 0. The van der Waals surface area contributed by atoms with Gasteiger partial charge < -0.3 is 14.6 Å². The number of methoxy groups -OCH3 is 2. The van der Waals surface area contributed by atoms with Crippen molar-refractivity contribution in [3.8, 4) is 5.75 Å². The predicted octanol–water partition coefficient (Wildman–Crippen LogP) is 1.65. The van der Waals surface area contributed by atoms with Gasteiger partial charge in [-0.2, -0.15) is 4.31 Å². The summed E-state index contributed by atoms with van der Waals surface area (Å²) in [6, 6.07) is 5.42. The van der Waals surface area contributed by atoms with Crippen LogP contribution in [0.5, 0.6) is 5.75 Å². The third-order valence-corrected chi connectivity index (χ3v) is 9.15. The second-order valence-corrected chi connectivity index (χ2v) is 10.9. The molecule has 0 radical (unpaired) electrons. The van der Waals surface area contributed by atoms with Gasteiger partial charge in [-0.15, -0.1) is 0 Å². The van der Waals surface area contributed by atoms with Crippen LogP contribution in [0.25, 0.3) is 0 Å². The summed E-state index contributed by atoms with van der Waals surface area (Å²) in [6.07, 6.45) is 3.10. The van der Waals surface area contributed by atoms with Crippen LogP contribution in [0.15, 0.2) is 23.1 Å². The molecule has 0 spiro atoms. The Balaban J connectivity index is 1.61. The van der Waals surface area contributed by atoms with Gasteiger partial charge >= 0.3 is 5.97 Å². The van der Waals surface area contributed by atoms with Gasteiger partial charge in [-0.1, -0.05) is 6.07 Å². The van der Waals surface area contributed by atoms with E-state index in [1.54, 1.807) is 17.5 Å². The van der Waals surface area contributed by atoms with Gasteiger partial charge in [0, 0.05) is 51.3 Å². The second-order valence-electron chi connectivity index (χ2n) is 8.95. The van der Waals surface area contributed by atoms with E-state index in [0.29, 0.717) is 43.1 Å². The predicted molar refractivity (Wildman–Crippen MR) is 118 cm³/mol. The summed E-state index contributed by atoms with van der Waals surface area (Å²) in [4.78, 5) is 11.6. The van der Waals surface area contributed by atoms with Crippen molar-refractivity contribution >= 4 is 16.0 Å². The van der Waals surface area contributed by atoms with Gasteiger partial charge in [0.15, 0.2) is 0 Å². The molecule has 178 valence electrons. The highest BCUT2D eigenvalue weighted by Crippen LogP contribution is 2.41. The third kappa shape index (κ3) is 4.65. The molecule has 0 bridgehead atoms. The zero-order valence-corrected chi connectivity index (χ0v) is 19.5. The zero-order valence-electron chi connectivity index (χ0n) is 18.7. The number of ether oxygens (including phenoxy) is 2. The fourth-order valence-corrected chi connectivity index (χ4v) is 7.14. The second kappa shape index (κ2) is 9.64.